The summed E-state index contributed by atoms with van der Waals surface area (Å²) in [5, 5.41) is 6.12. The van der Waals surface area contributed by atoms with Crippen molar-refractivity contribution >= 4 is 46.3 Å². The predicted octanol–water partition coefficient (Wildman–Crippen LogP) is 4.70. The molecule has 2 N–H and O–H groups in total. The topological polar surface area (TPSA) is 87.1 Å². The van der Waals surface area contributed by atoms with Gasteiger partial charge in [0.1, 0.15) is 23.1 Å². The van der Waals surface area contributed by atoms with Gasteiger partial charge in [-0.3, -0.25) is 0 Å². The smallest absolute Gasteiger partial charge is 0.400 e. The lowest BCUT2D eigenvalue weighted by molar-refractivity contribution is 0.0475. The van der Waals surface area contributed by atoms with E-state index in [2.05, 4.69) is 5.16 Å². The fraction of sp³-hybridized carbons (Fsp3) is 0.0588. The summed E-state index contributed by atoms with van der Waals surface area (Å²) >= 11 is 13.3. The summed E-state index contributed by atoms with van der Waals surface area (Å²) in [6, 6.07) is 11.7. The van der Waals surface area contributed by atoms with Gasteiger partial charge in [0, 0.05) is 0 Å². The number of furan rings is 1. The monoisotopic (exact) mass is 410 g/mol. The summed E-state index contributed by atoms with van der Waals surface area (Å²) in [6.45, 7) is 0.0634. The van der Waals surface area contributed by atoms with Gasteiger partial charge in [-0.15, -0.1) is 11.3 Å². The molecule has 2 heterocycles. The van der Waals surface area contributed by atoms with E-state index in [-0.39, 0.29) is 18.2 Å². The van der Waals surface area contributed by atoms with Crippen LogP contribution in [0.25, 0.3) is 0 Å². The van der Waals surface area contributed by atoms with E-state index >= 15 is 0 Å². The van der Waals surface area contributed by atoms with Gasteiger partial charge in [-0.2, -0.15) is 0 Å². The van der Waals surface area contributed by atoms with Crippen molar-refractivity contribution in [2.24, 2.45) is 10.9 Å². The van der Waals surface area contributed by atoms with E-state index in [0.29, 0.717) is 26.4 Å². The highest BCUT2D eigenvalue weighted by atomic mass is 35.5. The molecule has 2 aromatic heterocycles. The summed E-state index contributed by atoms with van der Waals surface area (Å²) in [6.07, 6.45) is 0. The minimum atomic E-state index is -0.767. The zero-order valence-electron chi connectivity index (χ0n) is 13.1. The second-order valence-corrected chi connectivity index (χ2v) is 6.67. The van der Waals surface area contributed by atoms with Crippen molar-refractivity contribution in [2.75, 3.05) is 0 Å². The van der Waals surface area contributed by atoms with Crippen molar-refractivity contribution in [3.05, 3.63) is 74.3 Å². The Hall–Kier alpha value is -2.48. The Morgan fingerprint density at radius 1 is 1.19 bits per heavy atom. The highest BCUT2D eigenvalue weighted by Crippen LogP contribution is 2.32. The average molecular weight is 411 g/mol. The standard InChI is InChI=1S/C17H12Cl2N2O4S/c18-11-3-1-4-12(15(11)19)23-9-10-6-7-13(24-10)17(22)25-21-16(20)14-5-2-8-26-14/h1-8H,9H2,(H2,20,21). The molecule has 0 atom stereocenters. The third-order valence-electron chi connectivity index (χ3n) is 3.15. The lowest BCUT2D eigenvalue weighted by Gasteiger charge is -2.07. The first-order valence-electron chi connectivity index (χ1n) is 7.29. The first-order chi connectivity index (χ1) is 12.5. The van der Waals surface area contributed by atoms with Gasteiger partial charge in [0.2, 0.25) is 5.76 Å². The normalized spacial score (nSPS) is 11.4. The molecule has 0 saturated carbocycles. The second-order valence-electron chi connectivity index (χ2n) is 4.94. The molecular formula is C17H12Cl2N2O4S. The third kappa shape index (κ3) is 4.37. The summed E-state index contributed by atoms with van der Waals surface area (Å²) < 4.78 is 10.9. The second kappa shape index (κ2) is 8.27. The number of oxime groups is 1. The van der Waals surface area contributed by atoms with E-state index in [0.717, 1.165) is 0 Å². The molecule has 6 nitrogen and oxygen atoms in total. The number of carbonyl (C=O) groups excluding carboxylic acids is 1. The molecule has 0 amide bonds. The van der Waals surface area contributed by atoms with Crippen LogP contribution in [0, 0.1) is 0 Å². The van der Waals surface area contributed by atoms with E-state index in [1.54, 1.807) is 30.3 Å². The molecule has 9 heteroatoms. The lowest BCUT2D eigenvalue weighted by atomic mass is 10.3. The molecule has 1 aromatic carbocycles. The maximum absolute atomic E-state index is 12.0. The van der Waals surface area contributed by atoms with Gasteiger partial charge in [0.25, 0.3) is 0 Å². The summed E-state index contributed by atoms with van der Waals surface area (Å²) in [5.41, 5.74) is 5.72. The summed E-state index contributed by atoms with van der Waals surface area (Å²) in [4.78, 5) is 17.4. The number of thiophene rings is 1. The predicted molar refractivity (Wildman–Crippen MR) is 100.0 cm³/mol. The van der Waals surface area contributed by atoms with E-state index < -0.39 is 5.97 Å². The molecule has 0 bridgehead atoms. The van der Waals surface area contributed by atoms with Crippen LogP contribution in [0.15, 0.2) is 57.4 Å². The number of nitrogens with zero attached hydrogens (tertiary/aromatic N) is 1. The SMILES string of the molecule is N/C(=N\OC(=O)c1ccc(COc2cccc(Cl)c2Cl)o1)c1cccs1. The highest BCUT2D eigenvalue weighted by Gasteiger charge is 2.15. The molecule has 0 spiro atoms. The Kier molecular flexibility index (Phi) is 5.82. The van der Waals surface area contributed by atoms with Crippen LogP contribution in [-0.2, 0) is 11.4 Å². The zero-order valence-corrected chi connectivity index (χ0v) is 15.5. The first-order valence-corrected chi connectivity index (χ1v) is 8.92. The Bertz CT molecular complexity index is 938. The van der Waals surface area contributed by atoms with E-state index in [1.165, 1.54) is 17.4 Å². The number of hydrogen-bond donors (Lipinski definition) is 1. The summed E-state index contributed by atoms with van der Waals surface area (Å²) in [5.74, 6) is 0.135. The molecule has 3 aromatic rings. The Morgan fingerprint density at radius 3 is 2.81 bits per heavy atom. The Labute approximate surface area is 162 Å². The van der Waals surface area contributed by atoms with Crippen LogP contribution in [0.3, 0.4) is 0 Å². The zero-order chi connectivity index (χ0) is 18.5. The number of halogens is 2. The van der Waals surface area contributed by atoms with E-state index in [1.807, 2.05) is 11.4 Å². The fourth-order valence-corrected chi connectivity index (χ4v) is 2.88. The molecule has 26 heavy (non-hydrogen) atoms. The van der Waals surface area contributed by atoms with E-state index in [4.69, 9.17) is 42.9 Å². The molecule has 0 fully saturated rings. The van der Waals surface area contributed by atoms with Crippen LogP contribution in [-0.4, -0.2) is 11.8 Å². The van der Waals surface area contributed by atoms with Crippen LogP contribution in [0.4, 0.5) is 0 Å². The quantitative estimate of drug-likeness (QED) is 0.275. The summed E-state index contributed by atoms with van der Waals surface area (Å²) in [7, 11) is 0. The number of nitrogens with two attached hydrogens (primary N) is 1. The van der Waals surface area contributed by atoms with E-state index in [9.17, 15) is 4.79 Å². The van der Waals surface area contributed by atoms with Crippen molar-refractivity contribution in [3.63, 3.8) is 0 Å². The number of carbonyl (C=O) groups is 1. The minimum absolute atomic E-state index is 0.0245. The van der Waals surface area contributed by atoms with Crippen LogP contribution in [0.1, 0.15) is 21.2 Å². The molecule has 0 radical (unpaired) electrons. The van der Waals surface area contributed by atoms with Crippen molar-refractivity contribution < 1.29 is 18.8 Å². The molecule has 0 aliphatic heterocycles. The molecular weight excluding hydrogens is 399 g/mol. The number of ether oxygens (including phenoxy) is 1. The van der Waals surface area contributed by atoms with Gasteiger partial charge in [-0.1, -0.05) is 40.5 Å². The van der Waals surface area contributed by atoms with Gasteiger partial charge in [-0.05, 0) is 35.7 Å². The molecule has 134 valence electrons. The molecule has 0 aliphatic rings. The van der Waals surface area contributed by atoms with Crippen molar-refractivity contribution in [1.29, 1.82) is 0 Å². The van der Waals surface area contributed by atoms with Crippen molar-refractivity contribution in [2.45, 2.75) is 6.61 Å². The van der Waals surface area contributed by atoms with Gasteiger partial charge >= 0.3 is 5.97 Å². The maximum atomic E-state index is 12.0. The molecule has 0 saturated heterocycles. The number of amidine groups is 1. The number of benzene rings is 1. The number of rotatable bonds is 6. The van der Waals surface area contributed by atoms with Crippen LogP contribution >= 0.6 is 34.5 Å². The van der Waals surface area contributed by atoms with Gasteiger partial charge in [0.05, 0.1) is 9.90 Å². The Morgan fingerprint density at radius 2 is 2.04 bits per heavy atom. The largest absolute Gasteiger partial charge is 0.484 e. The van der Waals surface area contributed by atoms with Gasteiger partial charge < -0.3 is 19.7 Å². The fourth-order valence-electron chi connectivity index (χ4n) is 1.91. The lowest BCUT2D eigenvalue weighted by Crippen LogP contribution is -2.13. The highest BCUT2D eigenvalue weighted by molar-refractivity contribution is 7.12. The Balaban J connectivity index is 1.59. The molecule has 0 unspecified atom stereocenters. The van der Waals surface area contributed by atoms with Gasteiger partial charge in [0.15, 0.2) is 5.84 Å². The first kappa shape index (κ1) is 18.3. The van der Waals surface area contributed by atoms with Crippen LogP contribution in [0.2, 0.25) is 10.0 Å². The van der Waals surface area contributed by atoms with Crippen molar-refractivity contribution in [1.82, 2.24) is 0 Å². The van der Waals surface area contributed by atoms with Crippen LogP contribution in [0.5, 0.6) is 5.75 Å². The minimum Gasteiger partial charge on any atom is -0.484 e. The maximum Gasteiger partial charge on any atom is 0.400 e. The number of hydrogen-bond acceptors (Lipinski definition) is 6. The van der Waals surface area contributed by atoms with Crippen LogP contribution < -0.4 is 10.5 Å². The molecule has 0 aliphatic carbocycles. The van der Waals surface area contributed by atoms with Gasteiger partial charge in [-0.25, -0.2) is 4.79 Å². The molecule has 3 rings (SSSR count). The van der Waals surface area contributed by atoms with Crippen molar-refractivity contribution in [3.8, 4) is 5.75 Å². The average Bonchev–Trinajstić information content (AvgIpc) is 3.32. The third-order valence-corrected chi connectivity index (χ3v) is 4.84.